The topological polar surface area (TPSA) is 75.7 Å². The summed E-state index contributed by atoms with van der Waals surface area (Å²) in [5.41, 5.74) is 1.65. The van der Waals surface area contributed by atoms with E-state index in [0.717, 1.165) is 29.7 Å². The van der Waals surface area contributed by atoms with Gasteiger partial charge in [-0.25, -0.2) is 8.42 Å². The third-order valence-electron chi connectivity index (χ3n) is 5.84. The summed E-state index contributed by atoms with van der Waals surface area (Å²) in [4.78, 5) is 13.4. The van der Waals surface area contributed by atoms with Gasteiger partial charge in [0, 0.05) is 30.6 Å². The van der Waals surface area contributed by atoms with Crippen LogP contribution in [-0.4, -0.2) is 37.3 Å². The van der Waals surface area contributed by atoms with Crippen LogP contribution in [0.1, 0.15) is 60.6 Å². The Balaban J connectivity index is 1.63. The number of amides is 1. The third kappa shape index (κ3) is 3.96. The molecule has 30 heavy (non-hydrogen) atoms. The predicted octanol–water partition coefficient (Wildman–Crippen LogP) is 3.81. The third-order valence-corrected chi connectivity index (χ3v) is 7.73. The monoisotopic (exact) mass is 428 g/mol. The lowest BCUT2D eigenvalue weighted by Crippen LogP contribution is -2.41. The number of ether oxygens (including phenoxy) is 1. The van der Waals surface area contributed by atoms with Crippen molar-refractivity contribution in [3.8, 4) is 5.75 Å². The average molecular weight is 429 g/mol. The van der Waals surface area contributed by atoms with Crippen LogP contribution in [0.2, 0.25) is 0 Å². The predicted molar refractivity (Wildman–Crippen MR) is 115 cm³/mol. The number of carbonyl (C=O) groups is 1. The molecule has 1 saturated heterocycles. The van der Waals surface area contributed by atoms with Gasteiger partial charge in [0.1, 0.15) is 11.4 Å². The zero-order valence-corrected chi connectivity index (χ0v) is 18.5. The Morgan fingerprint density at radius 2 is 1.83 bits per heavy atom. The first-order valence-electron chi connectivity index (χ1n) is 10.4. The quantitative estimate of drug-likeness (QED) is 0.803. The van der Waals surface area contributed by atoms with Gasteiger partial charge in [-0.15, -0.1) is 0 Å². The number of benzene rings is 2. The Morgan fingerprint density at radius 3 is 2.57 bits per heavy atom. The molecule has 1 amide bonds. The van der Waals surface area contributed by atoms with Crippen molar-refractivity contribution in [2.24, 2.45) is 0 Å². The number of sulfonamides is 1. The minimum atomic E-state index is -3.58. The first-order valence-corrected chi connectivity index (χ1v) is 11.8. The molecule has 0 aliphatic carbocycles. The summed E-state index contributed by atoms with van der Waals surface area (Å²) in [5, 5.41) is 3.11. The normalized spacial score (nSPS) is 21.0. The van der Waals surface area contributed by atoms with Crippen LogP contribution in [0.5, 0.6) is 5.75 Å². The summed E-state index contributed by atoms with van der Waals surface area (Å²) in [7, 11) is -3.58. The summed E-state index contributed by atoms with van der Waals surface area (Å²) in [6.45, 7) is 6.88. The summed E-state index contributed by atoms with van der Waals surface area (Å²) >= 11 is 0. The fourth-order valence-corrected chi connectivity index (χ4v) is 5.79. The number of para-hydroxylation sites is 1. The molecule has 2 aromatic carbocycles. The van der Waals surface area contributed by atoms with Gasteiger partial charge in [-0.2, -0.15) is 4.31 Å². The first kappa shape index (κ1) is 20.9. The highest BCUT2D eigenvalue weighted by Crippen LogP contribution is 2.39. The summed E-state index contributed by atoms with van der Waals surface area (Å²) in [6, 6.07) is 12.3. The highest BCUT2D eigenvalue weighted by Gasteiger charge is 2.35. The molecule has 0 aromatic heterocycles. The second-order valence-corrected chi connectivity index (χ2v) is 10.7. The van der Waals surface area contributed by atoms with Crippen molar-refractivity contribution in [2.45, 2.75) is 56.6 Å². The molecule has 7 heteroatoms. The van der Waals surface area contributed by atoms with E-state index in [9.17, 15) is 13.2 Å². The molecule has 1 atom stereocenters. The Morgan fingerprint density at radius 1 is 1.13 bits per heavy atom. The van der Waals surface area contributed by atoms with Gasteiger partial charge in [-0.1, -0.05) is 24.3 Å². The standard InChI is InChI=1S/C23H28N2O4S/c1-16-10-11-17(30(27,28)25-12-6-7-13-25)14-19(16)22(26)24-20-15-23(2,3)29-21-9-5-4-8-18(20)21/h4-5,8-11,14,20H,6-7,12-13,15H2,1-3H3,(H,24,26)/t20-/m1/s1. The highest BCUT2D eigenvalue weighted by atomic mass is 32.2. The molecule has 0 saturated carbocycles. The van der Waals surface area contributed by atoms with E-state index in [-0.39, 0.29) is 16.8 Å². The van der Waals surface area contributed by atoms with Crippen LogP contribution in [0.3, 0.4) is 0 Å². The minimum absolute atomic E-state index is 0.174. The number of aryl methyl sites for hydroxylation is 1. The summed E-state index contributed by atoms with van der Waals surface area (Å²) in [6.07, 6.45) is 2.37. The molecule has 0 radical (unpaired) electrons. The van der Waals surface area contributed by atoms with Gasteiger partial charge in [-0.05, 0) is 57.4 Å². The van der Waals surface area contributed by atoms with E-state index in [1.54, 1.807) is 12.1 Å². The highest BCUT2D eigenvalue weighted by molar-refractivity contribution is 7.89. The van der Waals surface area contributed by atoms with Crippen LogP contribution in [0.15, 0.2) is 47.4 Å². The molecule has 160 valence electrons. The van der Waals surface area contributed by atoms with Crippen LogP contribution < -0.4 is 10.1 Å². The van der Waals surface area contributed by atoms with Crippen LogP contribution in [-0.2, 0) is 10.0 Å². The number of fused-ring (bicyclic) bond motifs is 1. The molecule has 2 aliphatic rings. The summed E-state index contributed by atoms with van der Waals surface area (Å²) in [5.74, 6) is 0.490. The van der Waals surface area contributed by atoms with Crippen molar-refractivity contribution in [3.63, 3.8) is 0 Å². The van der Waals surface area contributed by atoms with E-state index in [1.807, 2.05) is 45.0 Å². The van der Waals surface area contributed by atoms with Gasteiger partial charge in [0.05, 0.1) is 10.9 Å². The molecule has 4 rings (SSSR count). The molecule has 1 fully saturated rings. The van der Waals surface area contributed by atoms with Gasteiger partial charge in [0.25, 0.3) is 5.91 Å². The van der Waals surface area contributed by atoms with Crippen LogP contribution in [0.25, 0.3) is 0 Å². The molecule has 0 unspecified atom stereocenters. The maximum Gasteiger partial charge on any atom is 0.252 e. The van der Waals surface area contributed by atoms with Crippen molar-refractivity contribution in [1.29, 1.82) is 0 Å². The largest absolute Gasteiger partial charge is 0.487 e. The van der Waals surface area contributed by atoms with Crippen molar-refractivity contribution in [3.05, 3.63) is 59.2 Å². The number of rotatable bonds is 4. The Hall–Kier alpha value is -2.38. The zero-order chi connectivity index (χ0) is 21.5. The Kier molecular flexibility index (Phi) is 5.36. The van der Waals surface area contributed by atoms with Crippen LogP contribution in [0, 0.1) is 6.92 Å². The second kappa shape index (κ2) is 7.71. The molecular weight excluding hydrogens is 400 g/mol. The maximum absolute atomic E-state index is 13.2. The lowest BCUT2D eigenvalue weighted by atomic mass is 9.89. The maximum atomic E-state index is 13.2. The van der Waals surface area contributed by atoms with Gasteiger partial charge >= 0.3 is 0 Å². The molecule has 2 heterocycles. The number of carbonyl (C=O) groups excluding carboxylic acids is 1. The van der Waals surface area contributed by atoms with E-state index in [1.165, 1.54) is 10.4 Å². The second-order valence-electron chi connectivity index (χ2n) is 8.72. The lowest BCUT2D eigenvalue weighted by molar-refractivity contribution is 0.0619. The fourth-order valence-electron chi connectivity index (χ4n) is 4.25. The van der Waals surface area contributed by atoms with E-state index < -0.39 is 15.6 Å². The fraction of sp³-hybridized carbons (Fsp3) is 0.435. The molecule has 0 bridgehead atoms. The molecule has 1 N–H and O–H groups in total. The van der Waals surface area contributed by atoms with Crippen molar-refractivity contribution < 1.29 is 17.9 Å². The van der Waals surface area contributed by atoms with Crippen molar-refractivity contribution in [1.82, 2.24) is 9.62 Å². The first-order chi connectivity index (χ1) is 14.2. The zero-order valence-electron chi connectivity index (χ0n) is 17.6. The van der Waals surface area contributed by atoms with Crippen LogP contribution in [0.4, 0.5) is 0 Å². The van der Waals surface area contributed by atoms with E-state index in [0.29, 0.717) is 25.1 Å². The Bertz CT molecular complexity index is 1070. The van der Waals surface area contributed by atoms with Crippen molar-refractivity contribution >= 4 is 15.9 Å². The van der Waals surface area contributed by atoms with Crippen LogP contribution >= 0.6 is 0 Å². The number of hydrogen-bond donors (Lipinski definition) is 1. The van der Waals surface area contributed by atoms with Gasteiger partial charge in [-0.3, -0.25) is 4.79 Å². The van der Waals surface area contributed by atoms with Crippen molar-refractivity contribution in [2.75, 3.05) is 13.1 Å². The number of nitrogens with one attached hydrogen (secondary N) is 1. The molecule has 6 nitrogen and oxygen atoms in total. The molecular formula is C23H28N2O4S. The molecule has 2 aromatic rings. The molecule has 0 spiro atoms. The number of hydrogen-bond acceptors (Lipinski definition) is 4. The van der Waals surface area contributed by atoms with E-state index in [2.05, 4.69) is 5.32 Å². The SMILES string of the molecule is Cc1ccc(S(=O)(=O)N2CCCC2)cc1C(=O)N[C@@H]1CC(C)(C)Oc2ccccc21. The molecule has 2 aliphatic heterocycles. The average Bonchev–Trinajstić information content (AvgIpc) is 3.23. The van der Waals surface area contributed by atoms with E-state index in [4.69, 9.17) is 4.74 Å². The smallest absolute Gasteiger partial charge is 0.252 e. The summed E-state index contributed by atoms with van der Waals surface area (Å²) < 4.78 is 33.4. The van der Waals surface area contributed by atoms with Gasteiger partial charge < -0.3 is 10.1 Å². The van der Waals surface area contributed by atoms with E-state index >= 15 is 0 Å². The Labute approximate surface area is 178 Å². The minimum Gasteiger partial charge on any atom is -0.487 e. The van der Waals surface area contributed by atoms with Gasteiger partial charge in [0.15, 0.2) is 0 Å². The van der Waals surface area contributed by atoms with Gasteiger partial charge in [0.2, 0.25) is 10.0 Å². The lowest BCUT2D eigenvalue weighted by Gasteiger charge is -2.38. The number of nitrogens with zero attached hydrogens (tertiary/aromatic N) is 1.